The largest absolute Gasteiger partial charge is 0.145 e. The van der Waals surface area contributed by atoms with Crippen molar-refractivity contribution < 1.29 is 0 Å². The predicted octanol–water partition coefficient (Wildman–Crippen LogP) is 2.48. The molecule has 0 aliphatic heterocycles. The van der Waals surface area contributed by atoms with Crippen LogP contribution in [0.25, 0.3) is 17.9 Å². The lowest BCUT2D eigenvalue weighted by molar-refractivity contribution is 1.23. The van der Waals surface area contributed by atoms with Gasteiger partial charge in [0.15, 0.2) is 0 Å². The van der Waals surface area contributed by atoms with Crippen LogP contribution < -0.4 is 20.9 Å². The number of fused-ring (bicyclic) bond motifs is 2. The van der Waals surface area contributed by atoms with Crippen molar-refractivity contribution >= 4 is 17.9 Å². The summed E-state index contributed by atoms with van der Waals surface area (Å²) >= 11 is 0. The summed E-state index contributed by atoms with van der Waals surface area (Å²) in [6, 6.07) is 4.53. The van der Waals surface area contributed by atoms with Crippen molar-refractivity contribution in [1.82, 2.24) is 0 Å². The quantitative estimate of drug-likeness (QED) is 0.654. The molecule has 0 saturated heterocycles. The third-order valence-electron chi connectivity index (χ3n) is 5.31. The molecule has 2 aromatic carbocycles. The summed E-state index contributed by atoms with van der Waals surface area (Å²) in [6.07, 6.45) is 17.3. The van der Waals surface area contributed by atoms with Gasteiger partial charge in [0.1, 0.15) is 5.56 Å². The van der Waals surface area contributed by atoms with Crippen molar-refractivity contribution in [2.24, 2.45) is 0 Å². The second kappa shape index (κ2) is 5.92. The van der Waals surface area contributed by atoms with Gasteiger partial charge in [-0.05, 0) is 32.1 Å². The monoisotopic (exact) mass is 322 g/mol. The maximum Gasteiger partial charge on any atom is 0.108 e. The third kappa shape index (κ3) is 2.56. The van der Waals surface area contributed by atoms with Crippen molar-refractivity contribution in [3.63, 3.8) is 0 Å². The lowest BCUT2D eigenvalue weighted by Gasteiger charge is -2.18. The lowest BCUT2D eigenvalue weighted by Crippen LogP contribution is -2.26. The molecule has 0 heteroatoms. The Labute approximate surface area is 149 Å². The Morgan fingerprint density at radius 2 is 1.52 bits per heavy atom. The molecule has 122 valence electrons. The molecular weight excluding hydrogens is 300 g/mol. The molecule has 0 amide bonds. The number of benzene rings is 2. The molecule has 0 aromatic heterocycles. The average molecular weight is 322 g/mol. The molecule has 0 spiro atoms. The molecule has 0 unspecified atom stereocenters. The number of rotatable bonds is 0. The van der Waals surface area contributed by atoms with Gasteiger partial charge in [0.25, 0.3) is 0 Å². The summed E-state index contributed by atoms with van der Waals surface area (Å²) in [5.74, 6) is 0. The van der Waals surface area contributed by atoms with Gasteiger partial charge in [-0.2, -0.15) is 0 Å². The van der Waals surface area contributed by atoms with Crippen LogP contribution in [0.4, 0.5) is 0 Å². The minimum atomic E-state index is 1.19. The van der Waals surface area contributed by atoms with Gasteiger partial charge in [-0.3, -0.25) is 0 Å². The second-order valence-corrected chi connectivity index (χ2v) is 6.95. The maximum atomic E-state index is 3.71. The van der Waals surface area contributed by atoms with Crippen LogP contribution in [0.1, 0.15) is 33.4 Å². The molecule has 0 atom stereocenters. The molecule has 0 N–H and O–H groups in total. The zero-order valence-electron chi connectivity index (χ0n) is 15.3. The van der Waals surface area contributed by atoms with Gasteiger partial charge in [0, 0.05) is 35.8 Å². The molecule has 0 radical (unpaired) electrons. The minimum absolute atomic E-state index is 1.19. The van der Waals surface area contributed by atoms with Gasteiger partial charge >= 0.3 is 0 Å². The fourth-order valence-electron chi connectivity index (χ4n) is 3.81. The fourth-order valence-corrected chi connectivity index (χ4v) is 3.81. The second-order valence-electron chi connectivity index (χ2n) is 6.95. The normalized spacial score (nSPS) is 13.6. The smallest absolute Gasteiger partial charge is 0.108 e. The molecule has 0 saturated carbocycles. The first kappa shape index (κ1) is 15.7. The zero-order chi connectivity index (χ0) is 17.6. The van der Waals surface area contributed by atoms with Crippen LogP contribution in [0.2, 0.25) is 0 Å². The number of allylic oxidation sites excluding steroid dienone is 4. The number of hydrogen-bond donors (Lipinski definition) is 0. The highest BCUT2D eigenvalue weighted by Crippen LogP contribution is 2.09. The summed E-state index contributed by atoms with van der Waals surface area (Å²) < 4.78 is 0. The van der Waals surface area contributed by atoms with E-state index in [9.17, 15) is 0 Å². The molecule has 4 rings (SSSR count). The van der Waals surface area contributed by atoms with Gasteiger partial charge in [0.05, 0.1) is 10.4 Å². The summed E-state index contributed by atoms with van der Waals surface area (Å²) in [4.78, 5) is 0. The van der Waals surface area contributed by atoms with Crippen LogP contribution in [0.3, 0.4) is 0 Å². The molecule has 0 fully saturated rings. The van der Waals surface area contributed by atoms with Gasteiger partial charge < -0.3 is 0 Å². The molecule has 0 heterocycles. The van der Waals surface area contributed by atoms with E-state index >= 15 is 0 Å². The Kier molecular flexibility index (Phi) is 3.71. The van der Waals surface area contributed by atoms with E-state index in [1.807, 2.05) is 0 Å². The molecule has 2 aromatic rings. The summed E-state index contributed by atoms with van der Waals surface area (Å²) in [7, 11) is 0. The molecule has 0 bridgehead atoms. The van der Waals surface area contributed by atoms with E-state index in [0.717, 1.165) is 0 Å². The first-order valence-electron chi connectivity index (χ1n) is 8.81. The third-order valence-corrected chi connectivity index (χ3v) is 5.31. The highest BCUT2D eigenvalue weighted by atomic mass is 14.1. The van der Waals surface area contributed by atoms with E-state index in [2.05, 4.69) is 94.9 Å². The number of aryl methyl sites for hydroxylation is 2. The topological polar surface area (TPSA) is 0 Å². The van der Waals surface area contributed by atoms with Crippen molar-refractivity contribution in [3.8, 4) is 0 Å². The highest BCUT2D eigenvalue weighted by Gasteiger charge is 2.13. The molecular formula is C25H22. The minimum Gasteiger partial charge on any atom is -0.145 e. The van der Waals surface area contributed by atoms with Crippen LogP contribution >= 0.6 is 0 Å². The summed E-state index contributed by atoms with van der Waals surface area (Å²) in [5.41, 5.74) is 11.5. The predicted molar refractivity (Wildman–Crippen MR) is 107 cm³/mol. The van der Waals surface area contributed by atoms with Crippen molar-refractivity contribution in [2.75, 3.05) is 0 Å². The van der Waals surface area contributed by atoms with Crippen LogP contribution in [0.5, 0.6) is 0 Å². The fraction of sp³-hybridized carbons (Fsp3) is 0.160. The summed E-state index contributed by atoms with van der Waals surface area (Å²) in [5, 5.41) is 5.04. The van der Waals surface area contributed by atoms with E-state index in [4.69, 9.17) is 0 Å². The molecule has 2 aliphatic carbocycles. The first-order valence-corrected chi connectivity index (χ1v) is 8.81. The Morgan fingerprint density at radius 1 is 0.840 bits per heavy atom. The average Bonchev–Trinajstić information content (AvgIpc) is 2.64. The van der Waals surface area contributed by atoms with E-state index in [1.165, 1.54) is 54.3 Å². The van der Waals surface area contributed by atoms with Crippen molar-refractivity contribution in [3.05, 3.63) is 104 Å². The van der Waals surface area contributed by atoms with Crippen LogP contribution in [-0.4, -0.2) is 0 Å². The highest BCUT2D eigenvalue weighted by molar-refractivity contribution is 5.57. The van der Waals surface area contributed by atoms with Gasteiger partial charge in [0.2, 0.25) is 0 Å². The van der Waals surface area contributed by atoms with Crippen LogP contribution in [0, 0.1) is 40.5 Å². The standard InChI is InChI=1S/C25H22/c1-16-13-20(18(3)24-11-7-5-9-22(16)24)15-21-14-17(2)23-10-6-8-12-25(23)19(21)4/h5-14H,1-4H3. The van der Waals surface area contributed by atoms with Gasteiger partial charge in [-0.15, -0.1) is 46.7 Å². The van der Waals surface area contributed by atoms with Crippen molar-refractivity contribution in [2.45, 2.75) is 27.7 Å². The Bertz CT molecular complexity index is 1100. The molecule has 0 nitrogen and oxygen atoms in total. The Hall–Kier alpha value is -2.82. The van der Waals surface area contributed by atoms with Gasteiger partial charge in [-0.1, -0.05) is 18.6 Å². The maximum absolute atomic E-state index is 3.71. The summed E-state index contributed by atoms with van der Waals surface area (Å²) in [6.45, 7) is 8.78. The van der Waals surface area contributed by atoms with Crippen LogP contribution in [-0.2, 0) is 0 Å². The van der Waals surface area contributed by atoms with E-state index < -0.39 is 0 Å². The first-order chi connectivity index (χ1) is 12.1. The Morgan fingerprint density at radius 3 is 2.32 bits per heavy atom. The SMILES string of the molecule is Cc1c2c(c(C)cc1=C=c1cc(C)c3c(c1C)[CH-]C=CC=3)=CC=C[CH+]2. The van der Waals surface area contributed by atoms with E-state index in [1.54, 1.807) is 0 Å². The van der Waals surface area contributed by atoms with E-state index in [-0.39, 0.29) is 0 Å². The zero-order valence-corrected chi connectivity index (χ0v) is 15.3. The number of hydrogen-bond acceptors (Lipinski definition) is 0. The van der Waals surface area contributed by atoms with Crippen molar-refractivity contribution in [1.29, 1.82) is 0 Å². The van der Waals surface area contributed by atoms with Gasteiger partial charge in [-0.25, -0.2) is 0 Å². The molecule has 2 aliphatic rings. The lowest BCUT2D eigenvalue weighted by atomic mass is 9.92. The Balaban J connectivity index is 2.15. The molecule has 25 heavy (non-hydrogen) atoms. The van der Waals surface area contributed by atoms with E-state index in [0.29, 0.717) is 0 Å². The van der Waals surface area contributed by atoms with Crippen LogP contribution in [0.15, 0.2) is 36.4 Å².